The third-order valence-electron chi connectivity index (χ3n) is 3.96. The molecule has 7 heteroatoms. The number of hydrogen-bond donors (Lipinski definition) is 1. The first-order valence-electron chi connectivity index (χ1n) is 6.32. The Labute approximate surface area is 130 Å². The second-order valence-corrected chi connectivity index (χ2v) is 6.25. The highest BCUT2D eigenvalue weighted by Crippen LogP contribution is 2.40. The molecule has 1 N–H and O–H groups in total. The third-order valence-corrected chi connectivity index (χ3v) is 4.63. The number of nitrogens with zero attached hydrogens (tertiary/aromatic N) is 2. The highest BCUT2D eigenvalue weighted by Gasteiger charge is 2.44. The first-order valence-corrected chi connectivity index (χ1v) is 7.40. The lowest BCUT2D eigenvalue weighted by atomic mass is 9.84. The standard InChI is InChI=1S/C13H15IN2O4/c1-2-13(12(17)18)5-6-15(8-13)10-4-3-9(14)7-11(10)16(19)20/h3-4,7H,2,5-6,8H2,1H3,(H,17,18). The Bertz CT molecular complexity index is 563. The number of halogens is 1. The fourth-order valence-corrected chi connectivity index (χ4v) is 3.08. The van der Waals surface area contributed by atoms with Gasteiger partial charge in [-0.1, -0.05) is 6.92 Å². The molecule has 1 saturated heterocycles. The second kappa shape index (κ2) is 5.55. The van der Waals surface area contributed by atoms with Gasteiger partial charge < -0.3 is 10.0 Å². The Hall–Kier alpha value is -1.38. The van der Waals surface area contributed by atoms with Gasteiger partial charge in [-0.25, -0.2) is 0 Å². The predicted octanol–water partition coefficient (Wildman–Crippen LogP) is 2.89. The summed E-state index contributed by atoms with van der Waals surface area (Å²) in [5.41, 5.74) is -0.252. The summed E-state index contributed by atoms with van der Waals surface area (Å²) in [4.78, 5) is 24.0. The summed E-state index contributed by atoms with van der Waals surface area (Å²) in [6, 6.07) is 5.02. The molecule has 1 aliphatic heterocycles. The van der Waals surface area contributed by atoms with E-state index in [-0.39, 0.29) is 5.69 Å². The van der Waals surface area contributed by atoms with E-state index in [4.69, 9.17) is 0 Å². The van der Waals surface area contributed by atoms with E-state index in [1.165, 1.54) is 6.07 Å². The average Bonchev–Trinajstić information content (AvgIpc) is 2.84. The highest BCUT2D eigenvalue weighted by atomic mass is 127. The number of carboxylic acid groups (broad SMARTS) is 1. The number of carboxylic acids is 1. The molecule has 1 aliphatic rings. The summed E-state index contributed by atoms with van der Waals surface area (Å²) >= 11 is 2.03. The van der Waals surface area contributed by atoms with E-state index < -0.39 is 16.3 Å². The van der Waals surface area contributed by atoms with Crippen LogP contribution in [-0.4, -0.2) is 29.1 Å². The Morgan fingerprint density at radius 3 is 2.80 bits per heavy atom. The summed E-state index contributed by atoms with van der Waals surface area (Å²) in [5, 5.41) is 20.5. The van der Waals surface area contributed by atoms with Crippen molar-refractivity contribution in [3.8, 4) is 0 Å². The molecule has 6 nitrogen and oxygen atoms in total. The minimum atomic E-state index is -0.823. The fourth-order valence-electron chi connectivity index (χ4n) is 2.60. The van der Waals surface area contributed by atoms with Crippen LogP contribution in [0.4, 0.5) is 11.4 Å². The Morgan fingerprint density at radius 2 is 2.30 bits per heavy atom. The van der Waals surface area contributed by atoms with Crippen molar-refractivity contribution in [2.75, 3.05) is 18.0 Å². The molecule has 108 valence electrons. The summed E-state index contributed by atoms with van der Waals surface area (Å²) in [6.07, 6.45) is 1.04. The zero-order valence-electron chi connectivity index (χ0n) is 11.0. The molecule has 0 saturated carbocycles. The SMILES string of the molecule is CCC1(C(=O)O)CCN(c2ccc(I)cc2[N+](=O)[O-])C1. The van der Waals surface area contributed by atoms with Crippen LogP contribution in [0.5, 0.6) is 0 Å². The molecule has 0 bridgehead atoms. The van der Waals surface area contributed by atoms with E-state index in [0.717, 1.165) is 3.57 Å². The van der Waals surface area contributed by atoms with E-state index in [0.29, 0.717) is 31.6 Å². The number of benzene rings is 1. The zero-order valence-corrected chi connectivity index (χ0v) is 13.2. The van der Waals surface area contributed by atoms with E-state index in [2.05, 4.69) is 0 Å². The van der Waals surface area contributed by atoms with Crippen LogP contribution in [0.2, 0.25) is 0 Å². The largest absolute Gasteiger partial charge is 0.481 e. The third kappa shape index (κ3) is 2.58. The van der Waals surface area contributed by atoms with Crippen molar-refractivity contribution in [3.05, 3.63) is 31.9 Å². The number of rotatable bonds is 4. The van der Waals surface area contributed by atoms with E-state index in [9.17, 15) is 20.0 Å². The Balaban J connectivity index is 2.35. The molecule has 1 aromatic carbocycles. The van der Waals surface area contributed by atoms with Gasteiger partial charge in [0.05, 0.1) is 10.3 Å². The van der Waals surface area contributed by atoms with Crippen LogP contribution in [0, 0.1) is 19.1 Å². The molecular weight excluding hydrogens is 375 g/mol. The molecule has 1 aromatic rings. The molecule has 1 atom stereocenters. The minimum absolute atomic E-state index is 0.0363. The van der Waals surface area contributed by atoms with Crippen molar-refractivity contribution in [2.45, 2.75) is 19.8 Å². The summed E-state index contributed by atoms with van der Waals surface area (Å²) < 4.78 is 0.789. The lowest BCUT2D eigenvalue weighted by Gasteiger charge is -2.24. The summed E-state index contributed by atoms with van der Waals surface area (Å²) in [6.45, 7) is 2.70. The first kappa shape index (κ1) is 15.0. The molecule has 0 aromatic heterocycles. The number of aliphatic carboxylic acids is 1. The minimum Gasteiger partial charge on any atom is -0.481 e. The van der Waals surface area contributed by atoms with Crippen LogP contribution in [0.3, 0.4) is 0 Å². The maximum Gasteiger partial charge on any atom is 0.311 e. The maximum absolute atomic E-state index is 11.4. The molecule has 0 radical (unpaired) electrons. The van der Waals surface area contributed by atoms with Gasteiger partial charge in [0.2, 0.25) is 0 Å². The van der Waals surface area contributed by atoms with E-state index >= 15 is 0 Å². The van der Waals surface area contributed by atoms with Gasteiger partial charge in [-0.3, -0.25) is 14.9 Å². The second-order valence-electron chi connectivity index (χ2n) is 5.00. The number of anilines is 1. The van der Waals surface area contributed by atoms with Gasteiger partial charge in [0.15, 0.2) is 0 Å². The first-order chi connectivity index (χ1) is 9.39. The molecule has 1 heterocycles. The molecule has 2 rings (SSSR count). The van der Waals surface area contributed by atoms with Crippen molar-refractivity contribution in [2.24, 2.45) is 5.41 Å². The van der Waals surface area contributed by atoms with Crippen molar-refractivity contribution in [1.82, 2.24) is 0 Å². The Kier molecular flexibility index (Phi) is 4.17. The van der Waals surface area contributed by atoms with Gasteiger partial charge in [0.25, 0.3) is 5.69 Å². The maximum atomic E-state index is 11.4. The van der Waals surface area contributed by atoms with E-state index in [1.54, 1.807) is 12.1 Å². The van der Waals surface area contributed by atoms with Crippen LogP contribution in [0.1, 0.15) is 19.8 Å². The normalized spacial score (nSPS) is 22.0. The topological polar surface area (TPSA) is 83.7 Å². The molecule has 1 unspecified atom stereocenters. The molecular formula is C13H15IN2O4. The van der Waals surface area contributed by atoms with Crippen molar-refractivity contribution in [1.29, 1.82) is 0 Å². The molecule has 0 amide bonds. The van der Waals surface area contributed by atoms with Gasteiger partial charge in [-0.2, -0.15) is 0 Å². The van der Waals surface area contributed by atoms with Gasteiger partial charge in [0, 0.05) is 22.7 Å². The van der Waals surface area contributed by atoms with Crippen LogP contribution in [0.25, 0.3) is 0 Å². The fraction of sp³-hybridized carbons (Fsp3) is 0.462. The van der Waals surface area contributed by atoms with Crippen LogP contribution < -0.4 is 4.90 Å². The lowest BCUT2D eigenvalue weighted by Crippen LogP contribution is -2.34. The molecule has 0 spiro atoms. The Morgan fingerprint density at radius 1 is 1.60 bits per heavy atom. The monoisotopic (exact) mass is 390 g/mol. The predicted molar refractivity (Wildman–Crippen MR) is 83.0 cm³/mol. The van der Waals surface area contributed by atoms with Gasteiger partial charge in [-0.15, -0.1) is 0 Å². The highest BCUT2D eigenvalue weighted by molar-refractivity contribution is 14.1. The van der Waals surface area contributed by atoms with Crippen LogP contribution in [-0.2, 0) is 4.79 Å². The number of hydrogen-bond acceptors (Lipinski definition) is 4. The molecule has 20 heavy (non-hydrogen) atoms. The quantitative estimate of drug-likeness (QED) is 0.486. The smallest absolute Gasteiger partial charge is 0.311 e. The number of nitro benzene ring substituents is 1. The van der Waals surface area contributed by atoms with Gasteiger partial charge in [-0.05, 0) is 47.6 Å². The zero-order chi connectivity index (χ0) is 14.9. The van der Waals surface area contributed by atoms with Gasteiger partial charge >= 0.3 is 5.97 Å². The van der Waals surface area contributed by atoms with Crippen LogP contribution in [0.15, 0.2) is 18.2 Å². The number of nitro groups is 1. The van der Waals surface area contributed by atoms with E-state index in [1.807, 2.05) is 34.4 Å². The summed E-state index contributed by atoms with van der Waals surface area (Å²) in [5.74, 6) is -0.823. The molecule has 1 fully saturated rings. The molecule has 0 aliphatic carbocycles. The van der Waals surface area contributed by atoms with Crippen molar-refractivity contribution < 1.29 is 14.8 Å². The number of carbonyl (C=O) groups is 1. The van der Waals surface area contributed by atoms with Gasteiger partial charge in [0.1, 0.15) is 5.69 Å². The van der Waals surface area contributed by atoms with Crippen molar-refractivity contribution >= 4 is 39.9 Å². The summed E-state index contributed by atoms with van der Waals surface area (Å²) in [7, 11) is 0. The van der Waals surface area contributed by atoms with Crippen molar-refractivity contribution in [3.63, 3.8) is 0 Å². The average molecular weight is 390 g/mol. The van der Waals surface area contributed by atoms with Crippen LogP contribution >= 0.6 is 22.6 Å². The lowest BCUT2D eigenvalue weighted by molar-refractivity contribution is -0.384.